The van der Waals surface area contributed by atoms with Gasteiger partial charge in [0.25, 0.3) is 11.5 Å². The van der Waals surface area contributed by atoms with Crippen molar-refractivity contribution >= 4 is 16.8 Å². The lowest BCUT2D eigenvalue weighted by molar-refractivity contribution is 0.0938. The Balaban J connectivity index is 1.37. The fourth-order valence-corrected chi connectivity index (χ4v) is 5.21. The maximum absolute atomic E-state index is 13.1. The van der Waals surface area contributed by atoms with Gasteiger partial charge in [-0.25, -0.2) is 4.98 Å². The van der Waals surface area contributed by atoms with E-state index in [1.54, 1.807) is 18.2 Å². The van der Waals surface area contributed by atoms with E-state index in [0.29, 0.717) is 23.0 Å². The topological polar surface area (TPSA) is 67.2 Å². The van der Waals surface area contributed by atoms with Crippen LogP contribution in [-0.4, -0.2) is 40.0 Å². The Kier molecular flexibility index (Phi) is 6.53. The molecule has 1 saturated heterocycles. The second-order valence-electron chi connectivity index (χ2n) is 9.26. The fourth-order valence-electron chi connectivity index (χ4n) is 5.21. The van der Waals surface area contributed by atoms with Crippen LogP contribution in [0.25, 0.3) is 10.9 Å². The van der Waals surface area contributed by atoms with Crippen LogP contribution in [0.3, 0.4) is 0 Å². The van der Waals surface area contributed by atoms with Crippen LogP contribution < -0.4 is 10.9 Å². The Labute approximate surface area is 194 Å². The molecular weight excluding hydrogens is 412 g/mol. The van der Waals surface area contributed by atoms with Gasteiger partial charge >= 0.3 is 0 Å². The largest absolute Gasteiger partial charge is 0.350 e. The molecule has 33 heavy (non-hydrogen) atoms. The number of nitrogens with one attached hydrogen (secondary N) is 1. The van der Waals surface area contributed by atoms with Crippen molar-refractivity contribution in [3.05, 3.63) is 75.8 Å². The number of benzene rings is 2. The zero-order valence-corrected chi connectivity index (χ0v) is 19.1. The number of aromatic nitrogens is 2. The first-order chi connectivity index (χ1) is 16.2. The van der Waals surface area contributed by atoms with Crippen molar-refractivity contribution in [1.29, 1.82) is 0 Å². The average Bonchev–Trinajstić information content (AvgIpc) is 3.35. The molecule has 1 fully saturated rings. The van der Waals surface area contributed by atoms with E-state index < -0.39 is 0 Å². The van der Waals surface area contributed by atoms with Gasteiger partial charge in [-0.15, -0.1) is 0 Å². The monoisotopic (exact) mass is 444 g/mol. The van der Waals surface area contributed by atoms with Crippen molar-refractivity contribution in [1.82, 2.24) is 19.8 Å². The van der Waals surface area contributed by atoms with Crippen molar-refractivity contribution in [2.45, 2.75) is 57.5 Å². The second kappa shape index (κ2) is 9.87. The van der Waals surface area contributed by atoms with Crippen LogP contribution in [0.5, 0.6) is 0 Å². The number of fused-ring (bicyclic) bond motifs is 2. The Hall–Kier alpha value is -2.99. The maximum Gasteiger partial charge on any atom is 0.261 e. The number of carbonyl (C=O) groups excluding carboxylic acids is 1. The molecule has 0 spiro atoms. The molecule has 0 bridgehead atoms. The summed E-state index contributed by atoms with van der Waals surface area (Å²) in [6, 6.07) is 15.9. The number of likely N-dealkylation sites (tertiary alicyclic amines) is 1. The number of amides is 1. The van der Waals surface area contributed by atoms with Gasteiger partial charge in [0.1, 0.15) is 5.82 Å². The third-order valence-electron chi connectivity index (χ3n) is 7.05. The highest BCUT2D eigenvalue weighted by Crippen LogP contribution is 2.24. The summed E-state index contributed by atoms with van der Waals surface area (Å²) < 4.78 is 1.84. The number of hydrogen-bond acceptors (Lipinski definition) is 4. The average molecular weight is 445 g/mol. The predicted molar refractivity (Wildman–Crippen MR) is 130 cm³/mol. The SMILES string of the molecule is O=C(NC[C@@H](c1ccccc1)N1CCCC1)c1ccc2c(=O)n3c(nc2c1)CCCCCC3. The molecule has 1 atom stereocenters. The first kappa shape index (κ1) is 21.8. The van der Waals surface area contributed by atoms with Crippen molar-refractivity contribution < 1.29 is 4.79 Å². The molecule has 2 aliphatic heterocycles. The molecule has 0 aliphatic carbocycles. The molecule has 2 aromatic carbocycles. The van der Waals surface area contributed by atoms with Gasteiger partial charge in [-0.2, -0.15) is 0 Å². The first-order valence-corrected chi connectivity index (χ1v) is 12.3. The van der Waals surface area contributed by atoms with E-state index in [1.807, 2.05) is 10.6 Å². The third-order valence-corrected chi connectivity index (χ3v) is 7.05. The summed E-state index contributed by atoms with van der Waals surface area (Å²) in [5, 5.41) is 3.74. The van der Waals surface area contributed by atoms with Gasteiger partial charge in [0.2, 0.25) is 0 Å². The number of carbonyl (C=O) groups is 1. The number of hydrogen-bond donors (Lipinski definition) is 1. The summed E-state index contributed by atoms with van der Waals surface area (Å²) in [4.78, 5) is 33.4. The molecule has 0 unspecified atom stereocenters. The molecule has 0 radical (unpaired) electrons. The van der Waals surface area contributed by atoms with Gasteiger partial charge in [0.15, 0.2) is 0 Å². The molecule has 3 aromatic rings. The molecule has 3 heterocycles. The van der Waals surface area contributed by atoms with Gasteiger partial charge in [0, 0.05) is 25.1 Å². The highest BCUT2D eigenvalue weighted by atomic mass is 16.1. The number of rotatable bonds is 5. The van der Waals surface area contributed by atoms with Crippen LogP contribution in [0, 0.1) is 0 Å². The molecule has 0 saturated carbocycles. The zero-order valence-electron chi connectivity index (χ0n) is 19.1. The van der Waals surface area contributed by atoms with Crippen LogP contribution in [0.1, 0.15) is 66.3 Å². The van der Waals surface area contributed by atoms with Gasteiger partial charge in [-0.05, 0) is 62.5 Å². The van der Waals surface area contributed by atoms with E-state index in [2.05, 4.69) is 34.5 Å². The predicted octanol–water partition coefficient (Wildman–Crippen LogP) is 4.08. The summed E-state index contributed by atoms with van der Waals surface area (Å²) in [6.45, 7) is 3.41. The number of aryl methyl sites for hydroxylation is 1. The Morgan fingerprint density at radius 1 is 0.939 bits per heavy atom. The summed E-state index contributed by atoms with van der Waals surface area (Å²) >= 11 is 0. The van der Waals surface area contributed by atoms with Gasteiger partial charge in [-0.1, -0.05) is 43.2 Å². The summed E-state index contributed by atoms with van der Waals surface area (Å²) in [5.41, 5.74) is 2.42. The van der Waals surface area contributed by atoms with Crippen LogP contribution in [0.15, 0.2) is 53.3 Å². The molecule has 6 nitrogen and oxygen atoms in total. The van der Waals surface area contributed by atoms with E-state index in [1.165, 1.54) is 24.8 Å². The molecular formula is C27H32N4O2. The van der Waals surface area contributed by atoms with Gasteiger partial charge in [0.05, 0.1) is 16.9 Å². The highest BCUT2D eigenvalue weighted by molar-refractivity contribution is 5.97. The second-order valence-corrected chi connectivity index (χ2v) is 9.26. The Morgan fingerprint density at radius 3 is 2.52 bits per heavy atom. The third kappa shape index (κ3) is 4.71. The summed E-state index contributed by atoms with van der Waals surface area (Å²) in [6.07, 6.45) is 7.62. The Bertz CT molecular complexity index is 1180. The molecule has 1 amide bonds. The summed E-state index contributed by atoms with van der Waals surface area (Å²) in [5.74, 6) is 0.730. The van der Waals surface area contributed by atoms with Crippen LogP contribution in [0.2, 0.25) is 0 Å². The quantitative estimate of drug-likeness (QED) is 0.644. The minimum atomic E-state index is -0.120. The van der Waals surface area contributed by atoms with Crippen molar-refractivity contribution in [3.63, 3.8) is 0 Å². The lowest BCUT2D eigenvalue weighted by atomic mass is 10.0. The molecule has 2 aliphatic rings. The zero-order chi connectivity index (χ0) is 22.6. The lowest BCUT2D eigenvalue weighted by Gasteiger charge is -2.28. The number of nitrogens with zero attached hydrogens (tertiary/aromatic N) is 3. The van der Waals surface area contributed by atoms with E-state index in [9.17, 15) is 9.59 Å². The van der Waals surface area contributed by atoms with Crippen LogP contribution in [-0.2, 0) is 13.0 Å². The molecule has 1 N–H and O–H groups in total. The summed E-state index contributed by atoms with van der Waals surface area (Å²) in [7, 11) is 0. The van der Waals surface area contributed by atoms with E-state index in [4.69, 9.17) is 4.98 Å². The van der Waals surface area contributed by atoms with Crippen molar-refractivity contribution in [2.24, 2.45) is 0 Å². The van der Waals surface area contributed by atoms with E-state index in [-0.39, 0.29) is 17.5 Å². The maximum atomic E-state index is 13.1. The minimum Gasteiger partial charge on any atom is -0.350 e. The highest BCUT2D eigenvalue weighted by Gasteiger charge is 2.24. The first-order valence-electron chi connectivity index (χ1n) is 12.3. The van der Waals surface area contributed by atoms with Crippen molar-refractivity contribution in [2.75, 3.05) is 19.6 Å². The lowest BCUT2D eigenvalue weighted by Crippen LogP contribution is -2.36. The smallest absolute Gasteiger partial charge is 0.261 e. The standard InChI is InChI=1S/C27H32N4O2/c32-26(28-19-24(30-15-8-9-16-30)20-10-4-3-5-11-20)21-13-14-22-23(18-21)29-25-12-6-1-2-7-17-31(25)27(22)33/h3-5,10-11,13-14,18,24H,1-2,6-9,12,15-17,19H2,(H,28,32)/t24-/m0/s1. The molecule has 6 heteroatoms. The van der Waals surface area contributed by atoms with E-state index >= 15 is 0 Å². The van der Waals surface area contributed by atoms with E-state index in [0.717, 1.165) is 51.1 Å². The molecule has 172 valence electrons. The van der Waals surface area contributed by atoms with Crippen LogP contribution >= 0.6 is 0 Å². The molecule has 5 rings (SSSR count). The fraction of sp³-hybridized carbons (Fsp3) is 0.444. The van der Waals surface area contributed by atoms with Crippen molar-refractivity contribution in [3.8, 4) is 0 Å². The normalized spacial score (nSPS) is 17.8. The minimum absolute atomic E-state index is 0.0158. The van der Waals surface area contributed by atoms with Gasteiger partial charge < -0.3 is 5.32 Å². The molecule has 1 aromatic heterocycles. The Morgan fingerprint density at radius 2 is 1.70 bits per heavy atom. The van der Waals surface area contributed by atoms with Gasteiger partial charge in [-0.3, -0.25) is 19.1 Å². The van der Waals surface area contributed by atoms with Crippen LogP contribution in [0.4, 0.5) is 0 Å².